The Bertz CT molecular complexity index is 344. The predicted molar refractivity (Wildman–Crippen MR) is 58.4 cm³/mol. The van der Waals surface area contributed by atoms with E-state index in [1.54, 1.807) is 6.07 Å². The molecule has 1 N–H and O–H groups in total. The fourth-order valence-electron chi connectivity index (χ4n) is 1.03. The second kappa shape index (κ2) is 5.46. The van der Waals surface area contributed by atoms with Crippen LogP contribution < -0.4 is 5.32 Å². The van der Waals surface area contributed by atoms with Crippen molar-refractivity contribution < 1.29 is 0 Å². The van der Waals surface area contributed by atoms with E-state index in [4.69, 9.17) is 18.0 Å². The van der Waals surface area contributed by atoms with Crippen molar-refractivity contribution in [3.63, 3.8) is 0 Å². The lowest BCUT2D eigenvalue weighted by Gasteiger charge is -2.04. The maximum absolute atomic E-state index is 5.82. The fourth-order valence-corrected chi connectivity index (χ4v) is 1.23. The first-order valence-electron chi connectivity index (χ1n) is 4.47. The molecule has 0 radical (unpaired) electrons. The van der Waals surface area contributed by atoms with Gasteiger partial charge in [-0.3, -0.25) is 0 Å². The third kappa shape index (κ3) is 3.23. The van der Waals surface area contributed by atoms with Gasteiger partial charge >= 0.3 is 0 Å². The maximum atomic E-state index is 5.82. The Hall–Kier alpha value is -1.27. The number of rotatable bonds is 4. The van der Waals surface area contributed by atoms with Gasteiger partial charge in [0.2, 0.25) is 0 Å². The molecule has 0 aliphatic carbocycles. The van der Waals surface area contributed by atoms with Crippen LogP contribution in [0.3, 0.4) is 0 Å². The molecule has 1 heterocycles. The quantitative estimate of drug-likeness (QED) is 0.610. The molecule has 0 amide bonds. The smallest absolute Gasteiger partial charge is 0.134 e. The number of hydrogen-bond acceptors (Lipinski definition) is 3. The third-order valence-electron chi connectivity index (χ3n) is 1.59. The number of halogens is 1. The van der Waals surface area contributed by atoms with Gasteiger partial charge in [0.25, 0.3) is 0 Å². The van der Waals surface area contributed by atoms with Gasteiger partial charge in [-0.2, -0.15) is 0 Å². The van der Waals surface area contributed by atoms with Crippen molar-refractivity contribution in [1.82, 2.24) is 9.97 Å². The molecular formula is C10H12ClN3. The van der Waals surface area contributed by atoms with E-state index < -0.39 is 0 Å². The van der Waals surface area contributed by atoms with Gasteiger partial charge in [-0.1, -0.05) is 24.4 Å². The van der Waals surface area contributed by atoms with Crippen LogP contribution in [-0.4, -0.2) is 16.5 Å². The summed E-state index contributed by atoms with van der Waals surface area (Å²) in [5.74, 6) is 3.91. The lowest BCUT2D eigenvalue weighted by atomic mass is 10.3. The van der Waals surface area contributed by atoms with Crippen LogP contribution >= 0.6 is 11.6 Å². The molecule has 74 valence electrons. The van der Waals surface area contributed by atoms with E-state index in [2.05, 4.69) is 28.1 Å². The second-order valence-electron chi connectivity index (χ2n) is 2.80. The van der Waals surface area contributed by atoms with E-state index in [0.717, 1.165) is 18.7 Å². The lowest BCUT2D eigenvalue weighted by Crippen LogP contribution is -2.04. The molecule has 1 aromatic rings. The molecule has 0 aliphatic rings. The summed E-state index contributed by atoms with van der Waals surface area (Å²) >= 11 is 5.82. The fraction of sp³-hybridized carbons (Fsp3) is 0.400. The third-order valence-corrected chi connectivity index (χ3v) is 1.78. The number of nitrogens with one attached hydrogen (secondary N) is 1. The molecular weight excluding hydrogens is 198 g/mol. The summed E-state index contributed by atoms with van der Waals surface area (Å²) in [4.78, 5) is 8.35. The van der Waals surface area contributed by atoms with Gasteiger partial charge < -0.3 is 5.32 Å². The molecule has 3 nitrogen and oxygen atoms in total. The van der Waals surface area contributed by atoms with E-state index in [-0.39, 0.29) is 0 Å². The van der Waals surface area contributed by atoms with Gasteiger partial charge in [0.1, 0.15) is 16.8 Å². The van der Waals surface area contributed by atoms with Crippen LogP contribution in [-0.2, 0) is 6.42 Å². The van der Waals surface area contributed by atoms with Crippen LogP contribution in [0.5, 0.6) is 0 Å². The summed E-state index contributed by atoms with van der Waals surface area (Å²) in [5.41, 5.74) is 0. The van der Waals surface area contributed by atoms with E-state index in [9.17, 15) is 0 Å². The van der Waals surface area contributed by atoms with Crippen molar-refractivity contribution in [1.29, 1.82) is 0 Å². The zero-order chi connectivity index (χ0) is 10.4. The largest absolute Gasteiger partial charge is 0.359 e. The minimum atomic E-state index is 0.443. The topological polar surface area (TPSA) is 37.8 Å². The number of terminal acetylenes is 1. The molecule has 0 unspecified atom stereocenters. The Morgan fingerprint density at radius 2 is 2.36 bits per heavy atom. The summed E-state index contributed by atoms with van der Waals surface area (Å²) in [6.07, 6.45) is 6.94. The molecule has 0 bridgehead atoms. The first-order chi connectivity index (χ1) is 6.76. The molecule has 0 spiro atoms. The second-order valence-corrected chi connectivity index (χ2v) is 3.19. The van der Waals surface area contributed by atoms with Crippen LogP contribution in [0.1, 0.15) is 19.2 Å². The minimum Gasteiger partial charge on any atom is -0.359 e. The van der Waals surface area contributed by atoms with Gasteiger partial charge in [-0.05, 0) is 6.42 Å². The summed E-state index contributed by atoms with van der Waals surface area (Å²) in [6.45, 7) is 2.51. The average molecular weight is 210 g/mol. The van der Waals surface area contributed by atoms with Crippen molar-refractivity contribution in [2.75, 3.05) is 11.9 Å². The highest BCUT2D eigenvalue weighted by molar-refractivity contribution is 6.29. The Morgan fingerprint density at radius 1 is 1.57 bits per heavy atom. The average Bonchev–Trinajstić information content (AvgIpc) is 2.14. The molecule has 0 aliphatic heterocycles. The van der Waals surface area contributed by atoms with Crippen molar-refractivity contribution in [3.05, 3.63) is 17.0 Å². The van der Waals surface area contributed by atoms with E-state index in [1.807, 2.05) is 0 Å². The molecule has 0 saturated carbocycles. The normalized spacial score (nSPS) is 9.50. The number of hydrogen-bond donors (Lipinski definition) is 1. The lowest BCUT2D eigenvalue weighted by molar-refractivity contribution is 0.835. The van der Waals surface area contributed by atoms with Crippen molar-refractivity contribution in [3.8, 4) is 12.3 Å². The monoisotopic (exact) mass is 209 g/mol. The highest BCUT2D eigenvalue weighted by Crippen LogP contribution is 2.12. The first-order valence-corrected chi connectivity index (χ1v) is 4.85. The number of nitrogens with zero attached hydrogens (tertiary/aromatic N) is 2. The SMILES string of the molecule is C#CCNc1cc(Cl)nc(CCC)n1. The summed E-state index contributed by atoms with van der Waals surface area (Å²) < 4.78 is 0. The van der Waals surface area contributed by atoms with E-state index in [1.165, 1.54) is 0 Å². The Balaban J connectivity index is 2.79. The first kappa shape index (κ1) is 10.8. The highest BCUT2D eigenvalue weighted by Gasteiger charge is 2.01. The van der Waals surface area contributed by atoms with Crippen LogP contribution in [0.25, 0.3) is 0 Å². The molecule has 0 saturated heterocycles. The Morgan fingerprint density at radius 3 is 3.00 bits per heavy atom. The number of anilines is 1. The predicted octanol–water partition coefficient (Wildman–Crippen LogP) is 2.13. The summed E-state index contributed by atoms with van der Waals surface area (Å²) in [6, 6.07) is 1.66. The molecule has 1 aromatic heterocycles. The van der Waals surface area contributed by atoms with Crippen LogP contribution in [0.15, 0.2) is 6.07 Å². The van der Waals surface area contributed by atoms with Crippen molar-refractivity contribution >= 4 is 17.4 Å². The number of aromatic nitrogens is 2. The highest BCUT2D eigenvalue weighted by atomic mass is 35.5. The summed E-state index contributed by atoms with van der Waals surface area (Å²) in [5, 5.41) is 3.41. The van der Waals surface area contributed by atoms with Gasteiger partial charge in [-0.15, -0.1) is 6.42 Å². The van der Waals surface area contributed by atoms with Crippen LogP contribution in [0, 0.1) is 12.3 Å². The minimum absolute atomic E-state index is 0.443. The van der Waals surface area contributed by atoms with E-state index >= 15 is 0 Å². The standard InChI is InChI=1S/C10H12ClN3/c1-3-5-9-13-8(11)7-10(14-9)12-6-4-2/h2,7H,3,5-6H2,1H3,(H,12,13,14). The molecule has 1 rings (SSSR count). The van der Waals surface area contributed by atoms with Gasteiger partial charge in [0.05, 0.1) is 6.54 Å². The zero-order valence-electron chi connectivity index (χ0n) is 8.05. The van der Waals surface area contributed by atoms with Crippen molar-refractivity contribution in [2.45, 2.75) is 19.8 Å². The van der Waals surface area contributed by atoms with Crippen molar-refractivity contribution in [2.24, 2.45) is 0 Å². The summed E-state index contributed by atoms with van der Waals surface area (Å²) in [7, 11) is 0. The Labute approximate surface area is 88.9 Å². The zero-order valence-corrected chi connectivity index (χ0v) is 8.80. The molecule has 4 heteroatoms. The molecule has 14 heavy (non-hydrogen) atoms. The van der Waals surface area contributed by atoms with Crippen LogP contribution in [0.4, 0.5) is 5.82 Å². The van der Waals surface area contributed by atoms with Gasteiger partial charge in [0.15, 0.2) is 0 Å². The number of aryl methyl sites for hydroxylation is 1. The van der Waals surface area contributed by atoms with Gasteiger partial charge in [-0.25, -0.2) is 9.97 Å². The van der Waals surface area contributed by atoms with Crippen LogP contribution in [0.2, 0.25) is 5.15 Å². The molecule has 0 aromatic carbocycles. The Kier molecular flexibility index (Phi) is 4.21. The van der Waals surface area contributed by atoms with E-state index in [0.29, 0.717) is 17.5 Å². The molecule has 0 atom stereocenters. The maximum Gasteiger partial charge on any atom is 0.134 e. The molecule has 0 fully saturated rings. The van der Waals surface area contributed by atoms with Gasteiger partial charge in [0, 0.05) is 12.5 Å².